The number of aliphatic hydroxyl groups excluding tert-OH is 1. The Balaban J connectivity index is 2.40. The molecule has 0 radical (unpaired) electrons. The van der Waals surface area contributed by atoms with Crippen molar-refractivity contribution in [2.75, 3.05) is 4.72 Å². The fourth-order valence-corrected chi connectivity index (χ4v) is 3.00. The molecule has 0 spiro atoms. The molecule has 20 heavy (non-hydrogen) atoms. The number of rotatable bonds is 4. The Morgan fingerprint density at radius 2 is 2.05 bits per heavy atom. The molecule has 0 unspecified atom stereocenters. The number of benzene rings is 1. The Labute approximate surface area is 119 Å². The van der Waals surface area contributed by atoms with Crippen molar-refractivity contribution in [1.29, 1.82) is 0 Å². The Hall–Kier alpha value is -1.90. The number of hydrogen-bond donors (Lipinski definition) is 3. The standard InChI is InChI=1S/C11H10ClN3O4S/c12-8-2-1-7(6-16)5-9(8)20(18,19)15-10-3-4-11(17)14-13-10/h1-5,16H,6H2,(H,13,15)(H,14,17). The second-order valence-corrected chi connectivity index (χ2v) is 5.89. The van der Waals surface area contributed by atoms with Gasteiger partial charge in [-0.15, -0.1) is 0 Å². The monoisotopic (exact) mass is 315 g/mol. The third-order valence-corrected chi connectivity index (χ3v) is 4.22. The molecule has 106 valence electrons. The second kappa shape index (κ2) is 5.61. The topological polar surface area (TPSA) is 112 Å². The fourth-order valence-electron chi connectivity index (χ4n) is 1.45. The molecule has 2 rings (SSSR count). The van der Waals surface area contributed by atoms with Crippen molar-refractivity contribution in [2.45, 2.75) is 11.5 Å². The average molecular weight is 316 g/mol. The lowest BCUT2D eigenvalue weighted by atomic mass is 10.2. The Kier molecular flexibility index (Phi) is 4.07. The normalized spacial score (nSPS) is 11.3. The number of aromatic nitrogens is 2. The number of hydrogen-bond acceptors (Lipinski definition) is 5. The van der Waals surface area contributed by atoms with E-state index in [4.69, 9.17) is 16.7 Å². The van der Waals surface area contributed by atoms with Gasteiger partial charge < -0.3 is 5.11 Å². The number of H-pyrrole nitrogens is 1. The first-order chi connectivity index (χ1) is 9.42. The first-order valence-electron chi connectivity index (χ1n) is 5.40. The third kappa shape index (κ3) is 3.16. The summed E-state index contributed by atoms with van der Waals surface area (Å²) in [5.74, 6) is -0.0462. The molecule has 1 heterocycles. The van der Waals surface area contributed by atoms with Crippen LogP contribution in [0.15, 0.2) is 40.0 Å². The Morgan fingerprint density at radius 1 is 1.30 bits per heavy atom. The molecule has 0 saturated heterocycles. The third-order valence-electron chi connectivity index (χ3n) is 2.39. The largest absolute Gasteiger partial charge is 0.392 e. The molecule has 2 aromatic rings. The average Bonchev–Trinajstić information content (AvgIpc) is 2.41. The number of halogens is 1. The molecule has 7 nitrogen and oxygen atoms in total. The number of anilines is 1. The lowest BCUT2D eigenvalue weighted by Gasteiger charge is -2.09. The van der Waals surface area contributed by atoms with Crippen molar-refractivity contribution in [3.8, 4) is 0 Å². The number of aliphatic hydroxyl groups is 1. The minimum atomic E-state index is -3.97. The van der Waals surface area contributed by atoms with Crippen LogP contribution < -0.4 is 10.3 Å². The quantitative estimate of drug-likeness (QED) is 0.769. The Bertz CT molecular complexity index is 768. The summed E-state index contributed by atoms with van der Waals surface area (Å²) in [4.78, 5) is 10.7. The number of aromatic amines is 1. The van der Waals surface area contributed by atoms with E-state index in [1.54, 1.807) is 0 Å². The second-order valence-electron chi connectivity index (χ2n) is 3.83. The molecule has 9 heteroatoms. The van der Waals surface area contributed by atoms with Crippen molar-refractivity contribution in [1.82, 2.24) is 10.2 Å². The molecular formula is C11H10ClN3O4S. The van der Waals surface area contributed by atoms with E-state index in [1.165, 1.54) is 24.3 Å². The Morgan fingerprint density at radius 3 is 2.65 bits per heavy atom. The van der Waals surface area contributed by atoms with Crippen LogP contribution in [0.2, 0.25) is 5.02 Å². The van der Waals surface area contributed by atoms with E-state index in [9.17, 15) is 13.2 Å². The summed E-state index contributed by atoms with van der Waals surface area (Å²) in [5, 5.41) is 14.7. The zero-order chi connectivity index (χ0) is 14.8. The van der Waals surface area contributed by atoms with Crippen LogP contribution in [0.5, 0.6) is 0 Å². The van der Waals surface area contributed by atoms with Gasteiger partial charge in [-0.3, -0.25) is 9.52 Å². The van der Waals surface area contributed by atoms with Crippen molar-refractivity contribution in [3.05, 3.63) is 51.3 Å². The highest BCUT2D eigenvalue weighted by Crippen LogP contribution is 2.24. The molecule has 0 bridgehead atoms. The highest BCUT2D eigenvalue weighted by Gasteiger charge is 2.19. The van der Waals surface area contributed by atoms with E-state index in [1.807, 2.05) is 0 Å². The van der Waals surface area contributed by atoms with Gasteiger partial charge in [0, 0.05) is 6.07 Å². The van der Waals surface area contributed by atoms with Gasteiger partial charge in [0.1, 0.15) is 4.90 Å². The van der Waals surface area contributed by atoms with Crippen LogP contribution in [0.4, 0.5) is 5.82 Å². The SMILES string of the molecule is O=c1ccc(NS(=O)(=O)c2cc(CO)ccc2Cl)n[nH]1. The molecule has 1 aromatic carbocycles. The highest BCUT2D eigenvalue weighted by atomic mass is 35.5. The van der Waals surface area contributed by atoms with Crippen molar-refractivity contribution >= 4 is 27.4 Å². The summed E-state index contributed by atoms with van der Waals surface area (Å²) in [6.07, 6.45) is 0. The number of nitrogens with zero attached hydrogens (tertiary/aromatic N) is 1. The molecule has 0 amide bonds. The van der Waals surface area contributed by atoms with Crippen LogP contribution >= 0.6 is 11.6 Å². The van der Waals surface area contributed by atoms with Gasteiger partial charge in [0.25, 0.3) is 15.6 Å². The maximum Gasteiger partial charge on any atom is 0.264 e. The number of sulfonamides is 1. The van der Waals surface area contributed by atoms with Crippen LogP contribution in [-0.4, -0.2) is 23.7 Å². The van der Waals surface area contributed by atoms with E-state index < -0.39 is 15.6 Å². The molecule has 0 atom stereocenters. The maximum absolute atomic E-state index is 12.2. The van der Waals surface area contributed by atoms with E-state index >= 15 is 0 Å². The molecular weight excluding hydrogens is 306 g/mol. The highest BCUT2D eigenvalue weighted by molar-refractivity contribution is 7.92. The molecule has 3 N–H and O–H groups in total. The minimum Gasteiger partial charge on any atom is -0.392 e. The van der Waals surface area contributed by atoms with Gasteiger partial charge in [-0.1, -0.05) is 17.7 Å². The van der Waals surface area contributed by atoms with Gasteiger partial charge in [-0.25, -0.2) is 13.5 Å². The van der Waals surface area contributed by atoms with Gasteiger partial charge in [0.2, 0.25) is 0 Å². The summed E-state index contributed by atoms with van der Waals surface area (Å²) in [6.45, 7) is -0.309. The van der Waals surface area contributed by atoms with E-state index in [2.05, 4.69) is 14.9 Å². The van der Waals surface area contributed by atoms with Crippen LogP contribution in [0.1, 0.15) is 5.56 Å². The molecule has 0 aliphatic carbocycles. The van der Waals surface area contributed by atoms with E-state index in [0.29, 0.717) is 5.56 Å². The molecule has 0 aliphatic rings. The van der Waals surface area contributed by atoms with Crippen molar-refractivity contribution in [3.63, 3.8) is 0 Å². The van der Waals surface area contributed by atoms with Crippen LogP contribution in [0, 0.1) is 0 Å². The van der Waals surface area contributed by atoms with Crippen LogP contribution in [0.25, 0.3) is 0 Å². The first kappa shape index (κ1) is 14.5. The van der Waals surface area contributed by atoms with Crippen molar-refractivity contribution in [2.24, 2.45) is 0 Å². The first-order valence-corrected chi connectivity index (χ1v) is 7.26. The van der Waals surface area contributed by atoms with Gasteiger partial charge in [-0.2, -0.15) is 5.10 Å². The zero-order valence-corrected chi connectivity index (χ0v) is 11.6. The van der Waals surface area contributed by atoms with Crippen molar-refractivity contribution < 1.29 is 13.5 Å². The van der Waals surface area contributed by atoms with E-state index in [0.717, 1.165) is 6.07 Å². The van der Waals surface area contributed by atoms with Gasteiger partial charge in [-0.05, 0) is 23.8 Å². The summed E-state index contributed by atoms with van der Waals surface area (Å²) in [5.41, 5.74) is -0.0440. The maximum atomic E-state index is 12.2. The summed E-state index contributed by atoms with van der Waals surface area (Å²) in [6, 6.07) is 6.51. The zero-order valence-electron chi connectivity index (χ0n) is 10.00. The van der Waals surface area contributed by atoms with Crippen LogP contribution in [0.3, 0.4) is 0 Å². The molecule has 0 saturated carbocycles. The predicted molar refractivity (Wildman–Crippen MR) is 73.0 cm³/mol. The smallest absolute Gasteiger partial charge is 0.264 e. The lowest BCUT2D eigenvalue weighted by molar-refractivity contribution is 0.281. The summed E-state index contributed by atoms with van der Waals surface area (Å²) >= 11 is 5.85. The fraction of sp³-hybridized carbons (Fsp3) is 0.0909. The lowest BCUT2D eigenvalue weighted by Crippen LogP contribution is -2.17. The minimum absolute atomic E-state index is 0.0131. The molecule has 0 fully saturated rings. The molecule has 0 aliphatic heterocycles. The van der Waals surface area contributed by atoms with Gasteiger partial charge in [0.05, 0.1) is 11.6 Å². The van der Waals surface area contributed by atoms with E-state index in [-0.39, 0.29) is 22.3 Å². The van der Waals surface area contributed by atoms with Gasteiger partial charge >= 0.3 is 0 Å². The molecule has 1 aromatic heterocycles. The van der Waals surface area contributed by atoms with Crippen LogP contribution in [-0.2, 0) is 16.6 Å². The van der Waals surface area contributed by atoms with Gasteiger partial charge in [0.15, 0.2) is 5.82 Å². The summed E-state index contributed by atoms with van der Waals surface area (Å²) < 4.78 is 26.5. The summed E-state index contributed by atoms with van der Waals surface area (Å²) in [7, 11) is -3.97. The number of nitrogens with one attached hydrogen (secondary N) is 2. The predicted octanol–water partition coefficient (Wildman–Crippen LogP) is 0.716.